The second kappa shape index (κ2) is 7.87. The smallest absolute Gasteiger partial charge is 0.324 e. The van der Waals surface area contributed by atoms with Crippen LogP contribution in [0.15, 0.2) is 42.5 Å². The molecule has 0 aliphatic carbocycles. The van der Waals surface area contributed by atoms with Crippen molar-refractivity contribution < 1.29 is 4.92 Å². The summed E-state index contributed by atoms with van der Waals surface area (Å²) < 4.78 is 0. The van der Waals surface area contributed by atoms with Crippen molar-refractivity contribution in [3.8, 4) is 0 Å². The molecule has 0 saturated carbocycles. The van der Waals surface area contributed by atoms with Gasteiger partial charge in [0.15, 0.2) is 0 Å². The van der Waals surface area contributed by atoms with Crippen molar-refractivity contribution in [3.63, 3.8) is 0 Å². The van der Waals surface area contributed by atoms with Gasteiger partial charge in [-0.1, -0.05) is 41.7 Å². The highest BCUT2D eigenvalue weighted by Gasteiger charge is 2.13. The van der Waals surface area contributed by atoms with Crippen LogP contribution in [0.3, 0.4) is 0 Å². The van der Waals surface area contributed by atoms with Gasteiger partial charge >= 0.3 is 5.00 Å². The van der Waals surface area contributed by atoms with Gasteiger partial charge in [-0.05, 0) is 24.6 Å². The van der Waals surface area contributed by atoms with Crippen molar-refractivity contribution in [1.29, 1.82) is 0 Å². The number of rotatable bonds is 8. The van der Waals surface area contributed by atoms with Gasteiger partial charge in [0.05, 0.1) is 4.92 Å². The monoisotopic (exact) mass is 305 g/mol. The van der Waals surface area contributed by atoms with E-state index in [4.69, 9.17) is 5.73 Å². The first kappa shape index (κ1) is 15.6. The Labute approximate surface area is 128 Å². The van der Waals surface area contributed by atoms with Crippen LogP contribution < -0.4 is 5.73 Å². The molecule has 0 radical (unpaired) electrons. The van der Waals surface area contributed by atoms with Crippen LogP contribution in [0.5, 0.6) is 0 Å². The summed E-state index contributed by atoms with van der Waals surface area (Å²) in [4.78, 5) is 13.7. The first-order valence-corrected chi connectivity index (χ1v) is 7.70. The largest absolute Gasteiger partial charge is 0.330 e. The van der Waals surface area contributed by atoms with Gasteiger partial charge in [-0.2, -0.15) is 0 Å². The molecule has 6 heteroatoms. The molecule has 2 N–H and O–H groups in total. The molecule has 1 aromatic carbocycles. The van der Waals surface area contributed by atoms with Gasteiger partial charge in [0, 0.05) is 30.6 Å². The van der Waals surface area contributed by atoms with E-state index in [0.29, 0.717) is 13.1 Å². The zero-order chi connectivity index (χ0) is 15.1. The highest BCUT2D eigenvalue weighted by molar-refractivity contribution is 7.15. The molecule has 0 amide bonds. The lowest BCUT2D eigenvalue weighted by molar-refractivity contribution is -0.380. The van der Waals surface area contributed by atoms with E-state index in [9.17, 15) is 10.1 Å². The topological polar surface area (TPSA) is 72.4 Å². The number of benzene rings is 1. The Morgan fingerprint density at radius 3 is 2.52 bits per heavy atom. The van der Waals surface area contributed by atoms with E-state index in [0.717, 1.165) is 24.4 Å². The summed E-state index contributed by atoms with van der Waals surface area (Å²) in [6, 6.07) is 13.6. The maximum atomic E-state index is 10.7. The summed E-state index contributed by atoms with van der Waals surface area (Å²) in [6.45, 7) is 3.08. The molecular formula is C15H19N3O2S. The van der Waals surface area contributed by atoms with E-state index in [2.05, 4.69) is 17.0 Å². The zero-order valence-corrected chi connectivity index (χ0v) is 12.6. The van der Waals surface area contributed by atoms with Gasteiger partial charge in [0.25, 0.3) is 0 Å². The zero-order valence-electron chi connectivity index (χ0n) is 11.8. The molecule has 0 fully saturated rings. The quantitative estimate of drug-likeness (QED) is 0.601. The molecular weight excluding hydrogens is 286 g/mol. The van der Waals surface area contributed by atoms with E-state index in [-0.39, 0.29) is 9.92 Å². The van der Waals surface area contributed by atoms with Crippen LogP contribution in [0.1, 0.15) is 16.9 Å². The maximum absolute atomic E-state index is 10.7. The normalized spacial score (nSPS) is 11.0. The van der Waals surface area contributed by atoms with E-state index >= 15 is 0 Å². The molecule has 112 valence electrons. The highest BCUT2D eigenvalue weighted by atomic mass is 32.1. The molecule has 0 aliphatic heterocycles. The van der Waals surface area contributed by atoms with E-state index in [1.54, 1.807) is 6.07 Å². The van der Waals surface area contributed by atoms with E-state index in [1.807, 2.05) is 24.3 Å². The van der Waals surface area contributed by atoms with Crippen LogP contribution >= 0.6 is 11.3 Å². The van der Waals surface area contributed by atoms with Gasteiger partial charge in [-0.3, -0.25) is 15.0 Å². The average Bonchev–Trinajstić information content (AvgIpc) is 2.94. The third-order valence-corrected chi connectivity index (χ3v) is 4.16. The molecule has 2 aromatic rings. The molecule has 0 bridgehead atoms. The Morgan fingerprint density at radius 1 is 1.14 bits per heavy atom. The molecule has 1 heterocycles. The molecule has 0 atom stereocenters. The fraction of sp³-hybridized carbons (Fsp3) is 0.333. The van der Waals surface area contributed by atoms with E-state index in [1.165, 1.54) is 16.9 Å². The van der Waals surface area contributed by atoms with Gasteiger partial charge < -0.3 is 5.73 Å². The molecule has 0 saturated heterocycles. The minimum absolute atomic E-state index is 0.198. The Morgan fingerprint density at radius 2 is 1.90 bits per heavy atom. The molecule has 21 heavy (non-hydrogen) atoms. The Balaban J connectivity index is 2.02. The average molecular weight is 305 g/mol. The summed E-state index contributed by atoms with van der Waals surface area (Å²) in [6.07, 6.45) is 0.917. The molecule has 5 nitrogen and oxygen atoms in total. The summed E-state index contributed by atoms with van der Waals surface area (Å²) >= 11 is 1.24. The predicted octanol–water partition coefficient (Wildman–Crippen LogP) is 3.01. The Kier molecular flexibility index (Phi) is 5.86. The second-order valence-corrected chi connectivity index (χ2v) is 5.98. The van der Waals surface area contributed by atoms with Crippen LogP contribution in [-0.2, 0) is 13.1 Å². The fourth-order valence-corrected chi connectivity index (χ4v) is 3.00. The van der Waals surface area contributed by atoms with Gasteiger partial charge in [-0.25, -0.2) is 0 Å². The van der Waals surface area contributed by atoms with Crippen molar-refractivity contribution >= 4 is 16.3 Å². The van der Waals surface area contributed by atoms with Crippen molar-refractivity contribution in [1.82, 2.24) is 4.90 Å². The van der Waals surface area contributed by atoms with Crippen LogP contribution in [0.2, 0.25) is 0 Å². The number of nitro groups is 1. The Hall–Kier alpha value is -1.76. The number of nitrogens with two attached hydrogens (primary N) is 1. The summed E-state index contributed by atoms with van der Waals surface area (Å²) in [5.41, 5.74) is 6.83. The third-order valence-electron chi connectivity index (χ3n) is 3.13. The van der Waals surface area contributed by atoms with Crippen molar-refractivity contribution in [2.45, 2.75) is 19.5 Å². The van der Waals surface area contributed by atoms with Gasteiger partial charge in [0.2, 0.25) is 0 Å². The first-order valence-electron chi connectivity index (χ1n) is 6.88. The molecule has 0 aliphatic rings. The Bertz CT molecular complexity index is 571. The summed E-state index contributed by atoms with van der Waals surface area (Å²) in [5.74, 6) is 0. The second-order valence-electron chi connectivity index (χ2n) is 4.84. The number of thiophene rings is 1. The number of hydrogen-bond donors (Lipinski definition) is 1. The minimum atomic E-state index is -0.338. The highest BCUT2D eigenvalue weighted by Crippen LogP contribution is 2.25. The lowest BCUT2D eigenvalue weighted by Gasteiger charge is -2.21. The minimum Gasteiger partial charge on any atom is -0.330 e. The lowest BCUT2D eigenvalue weighted by Crippen LogP contribution is -2.25. The van der Waals surface area contributed by atoms with Crippen molar-refractivity contribution in [2.75, 3.05) is 13.1 Å². The molecule has 0 unspecified atom stereocenters. The first-order chi connectivity index (χ1) is 10.2. The van der Waals surface area contributed by atoms with Crippen molar-refractivity contribution in [2.24, 2.45) is 5.73 Å². The van der Waals surface area contributed by atoms with Crippen LogP contribution in [0.25, 0.3) is 0 Å². The number of nitrogens with zero attached hydrogens (tertiary/aromatic N) is 2. The summed E-state index contributed by atoms with van der Waals surface area (Å²) in [5, 5.41) is 10.9. The molecule has 0 spiro atoms. The van der Waals surface area contributed by atoms with Crippen LogP contribution in [0.4, 0.5) is 5.00 Å². The van der Waals surface area contributed by atoms with Crippen LogP contribution in [0, 0.1) is 10.1 Å². The van der Waals surface area contributed by atoms with Gasteiger partial charge in [-0.15, -0.1) is 0 Å². The predicted molar refractivity (Wildman–Crippen MR) is 85.2 cm³/mol. The van der Waals surface area contributed by atoms with Gasteiger partial charge in [0.1, 0.15) is 0 Å². The van der Waals surface area contributed by atoms with Crippen molar-refractivity contribution in [3.05, 3.63) is 63.0 Å². The summed E-state index contributed by atoms with van der Waals surface area (Å²) in [7, 11) is 0. The standard InChI is InChI=1S/C15H19N3O2S/c16-9-4-10-17(11-13-5-2-1-3-6-13)12-14-7-8-15(21-14)18(19)20/h1-3,5-8H,4,9-12,16H2. The number of hydrogen-bond acceptors (Lipinski definition) is 5. The fourth-order valence-electron chi connectivity index (χ4n) is 2.14. The SMILES string of the molecule is NCCCN(Cc1ccccc1)Cc1ccc([N+](=O)[O-])s1. The van der Waals surface area contributed by atoms with Crippen LogP contribution in [-0.4, -0.2) is 22.9 Å². The maximum Gasteiger partial charge on any atom is 0.324 e. The molecule has 2 rings (SSSR count). The lowest BCUT2D eigenvalue weighted by atomic mass is 10.2. The third kappa shape index (κ3) is 4.93. The van der Waals surface area contributed by atoms with E-state index < -0.39 is 0 Å². The molecule has 1 aromatic heterocycles.